The number of nitrogens with zero attached hydrogens (tertiary/aromatic N) is 2. The first-order valence-electron chi connectivity index (χ1n) is 6.74. The molecular formula is C13H22ClN3O. The number of aliphatic hydroxyl groups is 1. The fourth-order valence-electron chi connectivity index (χ4n) is 2.64. The lowest BCUT2D eigenvalue weighted by molar-refractivity contribution is 0.0903. The summed E-state index contributed by atoms with van der Waals surface area (Å²) in [5, 5.41) is 18.8. The molecule has 1 fully saturated rings. The number of hydrogen-bond donors (Lipinski definition) is 2. The zero-order valence-electron chi connectivity index (χ0n) is 11.1. The Bertz CT molecular complexity index is 399. The average molecular weight is 272 g/mol. The number of piperidine rings is 1. The van der Waals surface area contributed by atoms with Crippen molar-refractivity contribution in [3.05, 3.63) is 16.4 Å². The van der Waals surface area contributed by atoms with Crippen LogP contribution < -0.4 is 5.32 Å². The van der Waals surface area contributed by atoms with Gasteiger partial charge in [-0.2, -0.15) is 5.10 Å². The van der Waals surface area contributed by atoms with E-state index in [0.717, 1.165) is 43.9 Å². The normalized spacial score (nSPS) is 22.1. The Morgan fingerprint density at radius 3 is 3.00 bits per heavy atom. The van der Waals surface area contributed by atoms with Crippen molar-refractivity contribution in [2.45, 2.75) is 45.8 Å². The Hall–Kier alpha value is -0.580. The molecular weight excluding hydrogens is 250 g/mol. The second-order valence-electron chi connectivity index (χ2n) is 5.04. The van der Waals surface area contributed by atoms with Crippen LogP contribution in [0.25, 0.3) is 0 Å². The van der Waals surface area contributed by atoms with Crippen LogP contribution in [-0.4, -0.2) is 34.1 Å². The first-order valence-corrected chi connectivity index (χ1v) is 7.11. The molecule has 2 rings (SSSR count). The van der Waals surface area contributed by atoms with Gasteiger partial charge in [0, 0.05) is 19.5 Å². The lowest BCUT2D eigenvalue weighted by Gasteiger charge is -2.27. The summed E-state index contributed by atoms with van der Waals surface area (Å²) in [5.74, 6) is 0.329. The molecule has 0 aliphatic carbocycles. The summed E-state index contributed by atoms with van der Waals surface area (Å²) < 4.78 is 1.90. The van der Waals surface area contributed by atoms with Crippen molar-refractivity contribution in [1.29, 1.82) is 0 Å². The summed E-state index contributed by atoms with van der Waals surface area (Å²) in [7, 11) is 0. The fraction of sp³-hybridized carbons (Fsp3) is 0.769. The van der Waals surface area contributed by atoms with Crippen LogP contribution in [0.2, 0.25) is 5.02 Å². The minimum absolute atomic E-state index is 0.329. The van der Waals surface area contributed by atoms with Gasteiger partial charge in [0.05, 0.1) is 22.5 Å². The van der Waals surface area contributed by atoms with E-state index in [1.165, 1.54) is 0 Å². The van der Waals surface area contributed by atoms with Crippen molar-refractivity contribution in [1.82, 2.24) is 15.1 Å². The highest BCUT2D eigenvalue weighted by molar-refractivity contribution is 6.31. The van der Waals surface area contributed by atoms with E-state index in [2.05, 4.69) is 10.4 Å². The highest BCUT2D eigenvalue weighted by Gasteiger charge is 2.24. The Morgan fingerprint density at radius 1 is 1.61 bits per heavy atom. The molecule has 1 aliphatic rings. The molecule has 1 aliphatic heterocycles. The van der Waals surface area contributed by atoms with Crippen molar-refractivity contribution < 1.29 is 5.11 Å². The van der Waals surface area contributed by atoms with Crippen molar-refractivity contribution in [3.8, 4) is 0 Å². The largest absolute Gasteiger partial charge is 0.392 e. The molecule has 0 saturated carbocycles. The molecule has 0 bridgehead atoms. The molecule has 0 aromatic carbocycles. The van der Waals surface area contributed by atoms with Gasteiger partial charge in [0.15, 0.2) is 0 Å². The van der Waals surface area contributed by atoms with Gasteiger partial charge in [0.2, 0.25) is 0 Å². The van der Waals surface area contributed by atoms with Crippen LogP contribution in [0.15, 0.2) is 0 Å². The number of rotatable bonds is 4. The smallest absolute Gasteiger partial charge is 0.0848 e. The topological polar surface area (TPSA) is 50.1 Å². The van der Waals surface area contributed by atoms with E-state index in [9.17, 15) is 5.11 Å². The van der Waals surface area contributed by atoms with Crippen molar-refractivity contribution >= 4 is 11.6 Å². The first-order chi connectivity index (χ1) is 8.63. The van der Waals surface area contributed by atoms with Crippen molar-refractivity contribution in [2.24, 2.45) is 5.92 Å². The molecule has 1 saturated heterocycles. The van der Waals surface area contributed by atoms with Gasteiger partial charge in [-0.3, -0.25) is 4.68 Å². The van der Waals surface area contributed by atoms with Gasteiger partial charge in [0.1, 0.15) is 0 Å². The van der Waals surface area contributed by atoms with Gasteiger partial charge in [-0.1, -0.05) is 11.6 Å². The quantitative estimate of drug-likeness (QED) is 0.878. The van der Waals surface area contributed by atoms with Crippen LogP contribution >= 0.6 is 11.6 Å². The monoisotopic (exact) mass is 271 g/mol. The standard InChI is InChI=1S/C13H22ClN3O/c1-3-17-11(13(14)9(2)16-17)7-12(18)10-5-4-6-15-8-10/h10,12,15,18H,3-8H2,1-2H3. The second-order valence-corrected chi connectivity index (χ2v) is 5.42. The second kappa shape index (κ2) is 6.04. The van der Waals surface area contributed by atoms with Crippen molar-refractivity contribution in [3.63, 3.8) is 0 Å². The van der Waals surface area contributed by atoms with Gasteiger partial charge >= 0.3 is 0 Å². The molecule has 0 amide bonds. The molecule has 2 atom stereocenters. The third kappa shape index (κ3) is 2.87. The number of nitrogens with one attached hydrogen (secondary N) is 1. The molecule has 2 unspecified atom stereocenters. The van der Waals surface area contributed by atoms with Gasteiger partial charge in [-0.15, -0.1) is 0 Å². The average Bonchev–Trinajstić information content (AvgIpc) is 2.67. The van der Waals surface area contributed by atoms with E-state index in [1.54, 1.807) is 0 Å². The van der Waals surface area contributed by atoms with E-state index in [0.29, 0.717) is 17.4 Å². The number of hydrogen-bond acceptors (Lipinski definition) is 3. The summed E-state index contributed by atoms with van der Waals surface area (Å²) in [4.78, 5) is 0. The lowest BCUT2D eigenvalue weighted by Crippen LogP contribution is -2.37. The van der Waals surface area contributed by atoms with E-state index < -0.39 is 0 Å². The van der Waals surface area contributed by atoms with E-state index in [1.807, 2.05) is 18.5 Å². The molecule has 0 spiro atoms. The maximum absolute atomic E-state index is 10.3. The maximum Gasteiger partial charge on any atom is 0.0848 e. The minimum Gasteiger partial charge on any atom is -0.392 e. The Balaban J connectivity index is 2.08. The van der Waals surface area contributed by atoms with E-state index >= 15 is 0 Å². The zero-order chi connectivity index (χ0) is 13.1. The summed E-state index contributed by atoms with van der Waals surface area (Å²) in [5.41, 5.74) is 1.82. The predicted octanol–water partition coefficient (Wildman–Crippen LogP) is 1.77. The highest BCUT2D eigenvalue weighted by Crippen LogP contribution is 2.25. The predicted molar refractivity (Wildman–Crippen MR) is 73.0 cm³/mol. The molecule has 0 radical (unpaired) electrons. The summed E-state index contributed by atoms with van der Waals surface area (Å²) >= 11 is 6.27. The Morgan fingerprint density at radius 2 is 2.39 bits per heavy atom. The van der Waals surface area contributed by atoms with E-state index in [-0.39, 0.29) is 6.10 Å². The van der Waals surface area contributed by atoms with Crippen molar-refractivity contribution in [2.75, 3.05) is 13.1 Å². The van der Waals surface area contributed by atoms with Gasteiger partial charge in [-0.25, -0.2) is 0 Å². The molecule has 1 aromatic rings. The van der Waals surface area contributed by atoms with Crippen LogP contribution in [-0.2, 0) is 13.0 Å². The van der Waals surface area contributed by atoms with Gasteiger partial charge in [-0.05, 0) is 39.2 Å². The van der Waals surface area contributed by atoms with Gasteiger partial charge in [0.25, 0.3) is 0 Å². The Labute approximate surface area is 113 Å². The van der Waals surface area contributed by atoms with Crippen LogP contribution in [0, 0.1) is 12.8 Å². The molecule has 1 aromatic heterocycles. The third-order valence-corrected chi connectivity index (χ3v) is 4.23. The molecule has 18 heavy (non-hydrogen) atoms. The molecule has 4 nitrogen and oxygen atoms in total. The SMILES string of the molecule is CCn1nc(C)c(Cl)c1CC(O)C1CCCNC1. The number of halogens is 1. The third-order valence-electron chi connectivity index (χ3n) is 3.73. The highest BCUT2D eigenvalue weighted by atomic mass is 35.5. The maximum atomic E-state index is 10.3. The molecule has 2 N–H and O–H groups in total. The van der Waals surface area contributed by atoms with Crippen LogP contribution in [0.1, 0.15) is 31.2 Å². The van der Waals surface area contributed by atoms with Crippen LogP contribution in [0.4, 0.5) is 0 Å². The summed E-state index contributed by atoms with van der Waals surface area (Å²) in [6.45, 7) is 6.71. The minimum atomic E-state index is -0.336. The van der Waals surface area contributed by atoms with Crippen LogP contribution in [0.5, 0.6) is 0 Å². The zero-order valence-corrected chi connectivity index (χ0v) is 11.9. The Kier molecular flexibility index (Phi) is 4.65. The molecule has 2 heterocycles. The number of aliphatic hydroxyl groups excluding tert-OH is 1. The van der Waals surface area contributed by atoms with E-state index in [4.69, 9.17) is 11.6 Å². The molecule has 5 heteroatoms. The lowest BCUT2D eigenvalue weighted by atomic mass is 9.91. The first kappa shape index (κ1) is 13.8. The summed E-state index contributed by atoms with van der Waals surface area (Å²) in [6, 6.07) is 0. The van der Waals surface area contributed by atoms with Gasteiger partial charge < -0.3 is 10.4 Å². The number of aromatic nitrogens is 2. The number of aryl methyl sites for hydroxylation is 2. The fourth-order valence-corrected chi connectivity index (χ4v) is 2.85. The summed E-state index contributed by atoms with van der Waals surface area (Å²) in [6.07, 6.45) is 2.49. The molecule has 102 valence electrons. The van der Waals surface area contributed by atoms with Crippen LogP contribution in [0.3, 0.4) is 0 Å².